The molecular weight excluding hydrogens is 224 g/mol. The largest absolute Gasteiger partial charge is 0.388 e. The number of nitrogens with zero attached hydrogens (tertiary/aromatic N) is 3. The molecule has 0 unspecified atom stereocenters. The van der Waals surface area contributed by atoms with Crippen LogP contribution in [-0.4, -0.2) is 23.6 Å². The monoisotopic (exact) mass is 240 g/mol. The summed E-state index contributed by atoms with van der Waals surface area (Å²) >= 11 is 0. The maximum Gasteiger partial charge on any atom is 0.115 e. The van der Waals surface area contributed by atoms with Gasteiger partial charge in [-0.25, -0.2) is 9.97 Å². The van der Waals surface area contributed by atoms with E-state index in [0.29, 0.717) is 0 Å². The molecule has 2 heterocycles. The quantitative estimate of drug-likeness (QED) is 0.872. The summed E-state index contributed by atoms with van der Waals surface area (Å²) in [7, 11) is 1.95. The van der Waals surface area contributed by atoms with Gasteiger partial charge in [-0.1, -0.05) is 6.07 Å². The third-order valence-corrected chi connectivity index (χ3v) is 3.42. The van der Waals surface area contributed by atoms with E-state index >= 15 is 0 Å². The normalized spacial score (nSPS) is 14.2. The van der Waals surface area contributed by atoms with Gasteiger partial charge in [0.25, 0.3) is 0 Å². The lowest BCUT2D eigenvalue weighted by Gasteiger charge is -2.30. The van der Waals surface area contributed by atoms with Crippen molar-refractivity contribution in [3.8, 4) is 0 Å². The van der Waals surface area contributed by atoms with Gasteiger partial charge in [0, 0.05) is 25.8 Å². The van der Waals surface area contributed by atoms with Crippen LogP contribution >= 0.6 is 0 Å². The van der Waals surface area contributed by atoms with Crippen molar-refractivity contribution < 1.29 is 0 Å². The fraction of sp³-hybridized carbons (Fsp3) is 0.286. The summed E-state index contributed by atoms with van der Waals surface area (Å²) in [6.07, 6.45) is 6.40. The van der Waals surface area contributed by atoms with E-state index in [1.54, 1.807) is 6.33 Å². The van der Waals surface area contributed by atoms with E-state index in [4.69, 9.17) is 0 Å². The smallest absolute Gasteiger partial charge is 0.115 e. The number of hydrogen-bond acceptors (Lipinski definition) is 4. The number of aromatic nitrogens is 2. The Morgan fingerprint density at radius 3 is 2.78 bits per heavy atom. The van der Waals surface area contributed by atoms with Crippen molar-refractivity contribution >= 4 is 11.4 Å². The highest BCUT2D eigenvalue weighted by Crippen LogP contribution is 2.25. The van der Waals surface area contributed by atoms with Crippen LogP contribution in [0.2, 0.25) is 0 Å². The molecule has 1 aliphatic rings. The molecular formula is C14H16N4. The Balaban J connectivity index is 1.88. The van der Waals surface area contributed by atoms with Gasteiger partial charge in [-0.05, 0) is 29.7 Å². The van der Waals surface area contributed by atoms with Crippen LogP contribution in [0.25, 0.3) is 0 Å². The van der Waals surface area contributed by atoms with Gasteiger partial charge in [0.05, 0.1) is 18.1 Å². The molecule has 4 nitrogen and oxygen atoms in total. The molecule has 2 aromatic rings. The standard InChI is InChI=1S/C14H16N4/c1-15-13-3-2-11-4-5-18(9-12(11)6-13)14-7-16-10-17-8-14/h2-3,6-8,10,15H,4-5,9H2,1H3. The second-order valence-electron chi connectivity index (χ2n) is 4.50. The third-order valence-electron chi connectivity index (χ3n) is 3.42. The summed E-state index contributed by atoms with van der Waals surface area (Å²) in [5.41, 5.74) is 5.09. The molecule has 0 aliphatic carbocycles. The molecule has 0 spiro atoms. The lowest BCUT2D eigenvalue weighted by Crippen LogP contribution is -2.30. The Labute approximate surface area is 107 Å². The van der Waals surface area contributed by atoms with Crippen LogP contribution in [-0.2, 0) is 13.0 Å². The fourth-order valence-electron chi connectivity index (χ4n) is 2.39. The van der Waals surface area contributed by atoms with Crippen LogP contribution in [0.15, 0.2) is 36.9 Å². The molecule has 92 valence electrons. The van der Waals surface area contributed by atoms with E-state index in [1.165, 1.54) is 16.8 Å². The van der Waals surface area contributed by atoms with Crippen LogP contribution in [0.1, 0.15) is 11.1 Å². The lowest BCUT2D eigenvalue weighted by atomic mass is 9.99. The number of benzene rings is 1. The van der Waals surface area contributed by atoms with Gasteiger partial charge in [0.15, 0.2) is 0 Å². The molecule has 1 N–H and O–H groups in total. The lowest BCUT2D eigenvalue weighted by molar-refractivity contribution is 0.728. The number of rotatable bonds is 2. The summed E-state index contributed by atoms with van der Waals surface area (Å²) < 4.78 is 0. The fourth-order valence-corrected chi connectivity index (χ4v) is 2.39. The molecule has 0 amide bonds. The summed E-state index contributed by atoms with van der Waals surface area (Å²) in [5.74, 6) is 0. The molecule has 0 saturated carbocycles. The highest BCUT2D eigenvalue weighted by molar-refractivity contribution is 5.52. The van der Waals surface area contributed by atoms with E-state index in [9.17, 15) is 0 Å². The zero-order valence-electron chi connectivity index (χ0n) is 10.4. The van der Waals surface area contributed by atoms with Crippen LogP contribution in [0.3, 0.4) is 0 Å². The predicted molar refractivity (Wildman–Crippen MR) is 72.8 cm³/mol. The first-order valence-electron chi connectivity index (χ1n) is 6.16. The first kappa shape index (κ1) is 11.0. The number of hydrogen-bond donors (Lipinski definition) is 1. The van der Waals surface area contributed by atoms with Crippen molar-refractivity contribution in [3.63, 3.8) is 0 Å². The Kier molecular flexibility index (Phi) is 2.84. The highest BCUT2D eigenvalue weighted by atomic mass is 15.1. The van der Waals surface area contributed by atoms with Crippen molar-refractivity contribution in [3.05, 3.63) is 48.0 Å². The summed E-state index contributed by atoms with van der Waals surface area (Å²) in [5, 5.41) is 3.19. The second-order valence-corrected chi connectivity index (χ2v) is 4.50. The van der Waals surface area contributed by atoms with Crippen molar-refractivity contribution in [1.29, 1.82) is 0 Å². The van der Waals surface area contributed by atoms with Gasteiger partial charge in [0.2, 0.25) is 0 Å². The van der Waals surface area contributed by atoms with E-state index < -0.39 is 0 Å². The van der Waals surface area contributed by atoms with Crippen LogP contribution in [0, 0.1) is 0 Å². The molecule has 0 atom stereocenters. The Morgan fingerprint density at radius 2 is 2.00 bits per heavy atom. The topological polar surface area (TPSA) is 41.0 Å². The second kappa shape index (κ2) is 4.64. The van der Waals surface area contributed by atoms with Crippen LogP contribution in [0.5, 0.6) is 0 Å². The average Bonchev–Trinajstić information content (AvgIpc) is 2.47. The first-order valence-corrected chi connectivity index (χ1v) is 6.16. The molecule has 4 heteroatoms. The predicted octanol–water partition coefficient (Wildman–Crippen LogP) is 2.08. The van der Waals surface area contributed by atoms with E-state index in [1.807, 2.05) is 19.4 Å². The summed E-state index contributed by atoms with van der Waals surface area (Å²) in [6.45, 7) is 1.96. The van der Waals surface area contributed by atoms with E-state index in [-0.39, 0.29) is 0 Å². The SMILES string of the molecule is CNc1ccc2c(c1)CN(c1cncnc1)CC2. The molecule has 1 aromatic heterocycles. The third kappa shape index (κ3) is 2.01. The zero-order chi connectivity index (χ0) is 12.4. The molecule has 1 aromatic carbocycles. The van der Waals surface area contributed by atoms with Crippen molar-refractivity contribution in [1.82, 2.24) is 9.97 Å². The van der Waals surface area contributed by atoms with Gasteiger partial charge in [0.1, 0.15) is 6.33 Å². The molecule has 0 radical (unpaired) electrons. The highest BCUT2D eigenvalue weighted by Gasteiger charge is 2.16. The van der Waals surface area contributed by atoms with Crippen molar-refractivity contribution in [2.45, 2.75) is 13.0 Å². The first-order chi connectivity index (χ1) is 8.86. The average molecular weight is 240 g/mol. The van der Waals surface area contributed by atoms with Gasteiger partial charge in [-0.15, -0.1) is 0 Å². The zero-order valence-corrected chi connectivity index (χ0v) is 10.4. The van der Waals surface area contributed by atoms with E-state index in [0.717, 1.165) is 25.2 Å². The van der Waals surface area contributed by atoms with Gasteiger partial charge in [-0.3, -0.25) is 0 Å². The number of fused-ring (bicyclic) bond motifs is 1. The Bertz CT molecular complexity index is 539. The van der Waals surface area contributed by atoms with Crippen LogP contribution in [0.4, 0.5) is 11.4 Å². The van der Waals surface area contributed by atoms with Crippen molar-refractivity contribution in [2.24, 2.45) is 0 Å². The number of nitrogens with one attached hydrogen (secondary N) is 1. The van der Waals surface area contributed by atoms with Gasteiger partial charge >= 0.3 is 0 Å². The molecule has 0 saturated heterocycles. The van der Waals surface area contributed by atoms with E-state index in [2.05, 4.69) is 38.4 Å². The minimum absolute atomic E-state index is 0.929. The summed E-state index contributed by atoms with van der Waals surface area (Å²) in [6, 6.07) is 6.59. The Morgan fingerprint density at radius 1 is 1.17 bits per heavy atom. The molecule has 18 heavy (non-hydrogen) atoms. The van der Waals surface area contributed by atoms with Gasteiger partial charge < -0.3 is 10.2 Å². The number of anilines is 2. The van der Waals surface area contributed by atoms with Gasteiger partial charge in [-0.2, -0.15) is 0 Å². The minimum Gasteiger partial charge on any atom is -0.388 e. The minimum atomic E-state index is 0.929. The summed E-state index contributed by atoms with van der Waals surface area (Å²) in [4.78, 5) is 10.5. The van der Waals surface area contributed by atoms with Crippen LogP contribution < -0.4 is 10.2 Å². The molecule has 0 fully saturated rings. The molecule has 0 bridgehead atoms. The maximum atomic E-state index is 4.08. The maximum absolute atomic E-state index is 4.08. The molecule has 1 aliphatic heterocycles. The molecule has 3 rings (SSSR count). The Hall–Kier alpha value is -2.10. The van der Waals surface area contributed by atoms with Crippen molar-refractivity contribution in [2.75, 3.05) is 23.8 Å².